The molecule has 20 heavy (non-hydrogen) atoms. The summed E-state index contributed by atoms with van der Waals surface area (Å²) in [6, 6.07) is 6.89. The van der Waals surface area contributed by atoms with Gasteiger partial charge in [-0.2, -0.15) is 13.2 Å². The zero-order valence-corrected chi connectivity index (χ0v) is 10.4. The van der Waals surface area contributed by atoms with E-state index in [0.717, 1.165) is 6.07 Å². The highest BCUT2D eigenvalue weighted by Gasteiger charge is 2.34. The Morgan fingerprint density at radius 3 is 2.55 bits per heavy atom. The highest BCUT2D eigenvalue weighted by Crippen LogP contribution is 2.37. The van der Waals surface area contributed by atoms with Crippen molar-refractivity contribution in [2.24, 2.45) is 0 Å². The van der Waals surface area contributed by atoms with Crippen molar-refractivity contribution in [3.63, 3.8) is 0 Å². The molecule has 6 heteroatoms. The zero-order valence-electron chi connectivity index (χ0n) is 10.4. The lowest BCUT2D eigenvalue weighted by Crippen LogP contribution is -2.09. The summed E-state index contributed by atoms with van der Waals surface area (Å²) < 4.78 is 44.0. The fourth-order valence-electron chi connectivity index (χ4n) is 1.67. The molecule has 0 spiro atoms. The Morgan fingerprint density at radius 2 is 1.95 bits per heavy atom. The number of alkyl halides is 3. The number of halogens is 3. The van der Waals surface area contributed by atoms with Gasteiger partial charge in [0.1, 0.15) is 12.4 Å². The van der Waals surface area contributed by atoms with Gasteiger partial charge in [-0.15, -0.1) is 0 Å². The van der Waals surface area contributed by atoms with Crippen molar-refractivity contribution in [1.82, 2.24) is 4.98 Å². The maximum Gasteiger partial charge on any atom is 0.419 e. The number of rotatable bonds is 4. The fraction of sp³-hybridized carbons (Fsp3) is 0.214. The predicted molar refractivity (Wildman–Crippen MR) is 65.9 cm³/mol. The molecule has 2 aromatic rings. The number of pyridine rings is 1. The summed E-state index contributed by atoms with van der Waals surface area (Å²) in [5, 5.41) is 8.91. The highest BCUT2D eigenvalue weighted by atomic mass is 19.4. The van der Waals surface area contributed by atoms with Crippen LogP contribution in [0.1, 0.15) is 16.7 Å². The molecular formula is C14H12F3NO2. The van der Waals surface area contributed by atoms with Crippen molar-refractivity contribution in [2.45, 2.75) is 19.4 Å². The first-order chi connectivity index (χ1) is 9.50. The van der Waals surface area contributed by atoms with Crippen molar-refractivity contribution in [1.29, 1.82) is 0 Å². The van der Waals surface area contributed by atoms with Crippen LogP contribution < -0.4 is 4.74 Å². The average molecular weight is 283 g/mol. The van der Waals surface area contributed by atoms with Gasteiger partial charge in [0.05, 0.1) is 12.2 Å². The first-order valence-electron chi connectivity index (χ1n) is 5.83. The van der Waals surface area contributed by atoms with Gasteiger partial charge in [-0.25, -0.2) is 0 Å². The van der Waals surface area contributed by atoms with Crippen LogP contribution in [0.4, 0.5) is 13.2 Å². The summed E-state index contributed by atoms with van der Waals surface area (Å²) in [5.41, 5.74) is -0.0362. The molecule has 0 saturated heterocycles. The second-order valence-corrected chi connectivity index (χ2v) is 4.14. The molecule has 1 aromatic heterocycles. The van der Waals surface area contributed by atoms with E-state index in [1.54, 1.807) is 18.3 Å². The lowest BCUT2D eigenvalue weighted by Gasteiger charge is -2.15. The van der Waals surface area contributed by atoms with E-state index in [2.05, 4.69) is 4.98 Å². The second-order valence-electron chi connectivity index (χ2n) is 4.14. The van der Waals surface area contributed by atoms with Gasteiger partial charge in [-0.3, -0.25) is 4.98 Å². The molecule has 2 rings (SSSR count). The number of aliphatic hydroxyl groups excluding tert-OH is 1. The minimum atomic E-state index is -4.53. The molecule has 0 atom stereocenters. The minimum Gasteiger partial charge on any atom is -0.488 e. The first-order valence-corrected chi connectivity index (χ1v) is 5.83. The van der Waals surface area contributed by atoms with Gasteiger partial charge in [0.25, 0.3) is 0 Å². The molecular weight excluding hydrogens is 271 g/mol. The molecule has 0 aliphatic rings. The fourth-order valence-corrected chi connectivity index (χ4v) is 1.67. The molecule has 3 nitrogen and oxygen atoms in total. The van der Waals surface area contributed by atoms with Crippen molar-refractivity contribution >= 4 is 0 Å². The van der Waals surface area contributed by atoms with Gasteiger partial charge in [-0.05, 0) is 23.8 Å². The monoisotopic (exact) mass is 283 g/mol. The zero-order chi connectivity index (χ0) is 14.6. The topological polar surface area (TPSA) is 42.4 Å². The van der Waals surface area contributed by atoms with E-state index in [9.17, 15) is 13.2 Å². The number of aromatic nitrogens is 1. The standard InChI is InChI=1S/C14H12F3NO2/c15-14(16,17)12-6-10(8-19)3-4-13(12)20-9-11-2-1-5-18-7-11/h1-7,19H,8-9H2. The lowest BCUT2D eigenvalue weighted by atomic mass is 10.1. The third kappa shape index (κ3) is 3.48. The van der Waals surface area contributed by atoms with Gasteiger partial charge >= 0.3 is 6.18 Å². The molecule has 1 heterocycles. The SMILES string of the molecule is OCc1ccc(OCc2cccnc2)c(C(F)(F)F)c1. The summed E-state index contributed by atoms with van der Waals surface area (Å²) in [6.45, 7) is -0.457. The summed E-state index contributed by atoms with van der Waals surface area (Å²) >= 11 is 0. The summed E-state index contributed by atoms with van der Waals surface area (Å²) in [4.78, 5) is 3.86. The quantitative estimate of drug-likeness (QED) is 0.937. The number of hydrogen-bond donors (Lipinski definition) is 1. The Hall–Kier alpha value is -2.08. The van der Waals surface area contributed by atoms with Crippen LogP contribution in [0.2, 0.25) is 0 Å². The Labute approximate surface area is 113 Å². The number of benzene rings is 1. The Morgan fingerprint density at radius 1 is 1.15 bits per heavy atom. The van der Waals surface area contributed by atoms with Crippen LogP contribution in [0.3, 0.4) is 0 Å². The molecule has 0 unspecified atom stereocenters. The van der Waals surface area contributed by atoms with E-state index in [4.69, 9.17) is 9.84 Å². The summed E-state index contributed by atoms with van der Waals surface area (Å²) in [5.74, 6) is -0.265. The molecule has 0 bridgehead atoms. The van der Waals surface area contributed by atoms with E-state index >= 15 is 0 Å². The molecule has 0 saturated carbocycles. The molecule has 0 aliphatic carbocycles. The minimum absolute atomic E-state index is 0.00457. The van der Waals surface area contributed by atoms with Crippen LogP contribution in [-0.4, -0.2) is 10.1 Å². The van der Waals surface area contributed by atoms with Gasteiger partial charge in [0, 0.05) is 18.0 Å². The van der Waals surface area contributed by atoms with Crippen LogP contribution in [0, 0.1) is 0 Å². The maximum atomic E-state index is 12.9. The van der Waals surface area contributed by atoms with Crippen LogP contribution in [0.25, 0.3) is 0 Å². The molecule has 0 fully saturated rings. The van der Waals surface area contributed by atoms with Crippen molar-refractivity contribution in [3.8, 4) is 5.75 Å². The average Bonchev–Trinajstić information content (AvgIpc) is 2.45. The van der Waals surface area contributed by atoms with Gasteiger partial charge in [-0.1, -0.05) is 12.1 Å². The number of aliphatic hydroxyl groups is 1. The smallest absolute Gasteiger partial charge is 0.419 e. The van der Waals surface area contributed by atoms with Crippen LogP contribution in [0.15, 0.2) is 42.7 Å². The number of hydrogen-bond acceptors (Lipinski definition) is 3. The molecule has 1 N–H and O–H groups in total. The van der Waals surface area contributed by atoms with Crippen LogP contribution in [-0.2, 0) is 19.4 Å². The number of ether oxygens (including phenoxy) is 1. The maximum absolute atomic E-state index is 12.9. The number of nitrogens with zero attached hydrogens (tertiary/aromatic N) is 1. The van der Waals surface area contributed by atoms with E-state index in [1.807, 2.05) is 0 Å². The summed E-state index contributed by atoms with van der Waals surface area (Å²) in [7, 11) is 0. The first kappa shape index (κ1) is 14.3. The Balaban J connectivity index is 2.23. The van der Waals surface area contributed by atoms with Crippen LogP contribution >= 0.6 is 0 Å². The van der Waals surface area contributed by atoms with Gasteiger partial charge < -0.3 is 9.84 Å². The third-order valence-electron chi connectivity index (χ3n) is 2.65. The molecule has 0 aliphatic heterocycles. The predicted octanol–water partition coefficient (Wildman–Crippen LogP) is 3.17. The van der Waals surface area contributed by atoms with E-state index in [-0.39, 0.29) is 17.9 Å². The largest absolute Gasteiger partial charge is 0.488 e. The lowest BCUT2D eigenvalue weighted by molar-refractivity contribution is -0.139. The van der Waals surface area contributed by atoms with Crippen molar-refractivity contribution in [3.05, 3.63) is 59.4 Å². The Kier molecular flexibility index (Phi) is 4.24. The van der Waals surface area contributed by atoms with Gasteiger partial charge in [0.2, 0.25) is 0 Å². The molecule has 0 amide bonds. The summed E-state index contributed by atoms with van der Waals surface area (Å²) in [6.07, 6.45) is -1.44. The van der Waals surface area contributed by atoms with E-state index in [1.165, 1.54) is 18.3 Å². The molecule has 1 aromatic carbocycles. The van der Waals surface area contributed by atoms with Crippen LogP contribution in [0.5, 0.6) is 5.75 Å². The van der Waals surface area contributed by atoms with Gasteiger partial charge in [0.15, 0.2) is 0 Å². The third-order valence-corrected chi connectivity index (χ3v) is 2.65. The van der Waals surface area contributed by atoms with E-state index in [0.29, 0.717) is 5.56 Å². The molecule has 106 valence electrons. The normalized spacial score (nSPS) is 11.4. The highest BCUT2D eigenvalue weighted by molar-refractivity contribution is 5.39. The molecule has 0 radical (unpaired) electrons. The van der Waals surface area contributed by atoms with E-state index < -0.39 is 18.3 Å². The van der Waals surface area contributed by atoms with Crippen molar-refractivity contribution in [2.75, 3.05) is 0 Å². The second kappa shape index (κ2) is 5.92. The van der Waals surface area contributed by atoms with Crippen molar-refractivity contribution < 1.29 is 23.0 Å². The Bertz CT molecular complexity index is 570.